The molecule has 0 amide bonds. The van der Waals surface area contributed by atoms with Crippen LogP contribution in [0.1, 0.15) is 0 Å². The van der Waals surface area contributed by atoms with E-state index in [1.54, 1.807) is 36.4 Å². The Balaban J connectivity index is 2.02. The van der Waals surface area contributed by atoms with E-state index in [0.29, 0.717) is 27.9 Å². The summed E-state index contributed by atoms with van der Waals surface area (Å²) in [6.07, 6.45) is 0. The first-order chi connectivity index (χ1) is 9.63. The van der Waals surface area contributed by atoms with E-state index >= 15 is 0 Å². The van der Waals surface area contributed by atoms with E-state index < -0.39 is 0 Å². The zero-order chi connectivity index (χ0) is 14.1. The second-order valence-electron chi connectivity index (χ2n) is 4.10. The third-order valence-corrected chi connectivity index (χ3v) is 3.50. The highest BCUT2D eigenvalue weighted by Crippen LogP contribution is 2.31. The molecule has 3 aromatic rings. The third-order valence-electron chi connectivity index (χ3n) is 2.69. The minimum atomic E-state index is 0.149. The van der Waals surface area contributed by atoms with Crippen molar-refractivity contribution in [3.8, 4) is 28.6 Å². The summed E-state index contributed by atoms with van der Waals surface area (Å²) in [6, 6.07) is 12.1. The molecule has 1 heterocycles. The van der Waals surface area contributed by atoms with Crippen molar-refractivity contribution in [1.29, 1.82) is 0 Å². The van der Waals surface area contributed by atoms with Crippen LogP contribution in [0, 0.1) is 0 Å². The lowest BCUT2D eigenvalue weighted by atomic mass is 10.2. The van der Waals surface area contributed by atoms with E-state index in [1.165, 1.54) is 0 Å². The molecule has 0 unspecified atom stereocenters. The zero-order valence-corrected chi connectivity index (χ0v) is 12.4. The van der Waals surface area contributed by atoms with Crippen LogP contribution in [0.2, 0.25) is 5.02 Å². The maximum Gasteiger partial charge on any atom is 0.259 e. The quantitative estimate of drug-likeness (QED) is 0.737. The lowest BCUT2D eigenvalue weighted by Crippen LogP contribution is -1.82. The van der Waals surface area contributed by atoms with Gasteiger partial charge in [0.05, 0.1) is 10.6 Å². The highest BCUT2D eigenvalue weighted by Gasteiger charge is 2.13. The van der Waals surface area contributed by atoms with Gasteiger partial charge >= 0.3 is 0 Å². The van der Waals surface area contributed by atoms with Crippen molar-refractivity contribution in [2.75, 3.05) is 0 Å². The van der Waals surface area contributed by atoms with Gasteiger partial charge in [0.15, 0.2) is 0 Å². The van der Waals surface area contributed by atoms with Gasteiger partial charge in [-0.15, -0.1) is 0 Å². The molecule has 0 radical (unpaired) electrons. The molecule has 0 saturated carbocycles. The maximum atomic E-state index is 9.46. The van der Waals surface area contributed by atoms with Crippen molar-refractivity contribution in [2.24, 2.45) is 0 Å². The van der Waals surface area contributed by atoms with E-state index in [4.69, 9.17) is 16.1 Å². The SMILES string of the molecule is Oc1cccc(-c2noc(-c3ccc(Br)cc3Cl)n2)c1. The van der Waals surface area contributed by atoms with Crippen LogP contribution in [0.4, 0.5) is 0 Å². The van der Waals surface area contributed by atoms with Crippen molar-refractivity contribution < 1.29 is 9.63 Å². The second-order valence-corrected chi connectivity index (χ2v) is 5.42. The summed E-state index contributed by atoms with van der Waals surface area (Å²) in [5.74, 6) is 0.881. The molecule has 0 saturated heterocycles. The van der Waals surface area contributed by atoms with Gasteiger partial charge in [-0.2, -0.15) is 4.98 Å². The van der Waals surface area contributed by atoms with Crippen LogP contribution >= 0.6 is 27.5 Å². The number of aromatic hydroxyl groups is 1. The van der Waals surface area contributed by atoms with E-state index in [2.05, 4.69) is 26.1 Å². The Morgan fingerprint density at radius 2 is 2.00 bits per heavy atom. The first kappa shape index (κ1) is 13.1. The largest absolute Gasteiger partial charge is 0.508 e. The topological polar surface area (TPSA) is 59.2 Å². The predicted molar refractivity (Wildman–Crippen MR) is 79.5 cm³/mol. The lowest BCUT2D eigenvalue weighted by molar-refractivity contribution is 0.432. The van der Waals surface area contributed by atoms with E-state index in [0.717, 1.165) is 4.47 Å². The Morgan fingerprint density at radius 3 is 2.75 bits per heavy atom. The van der Waals surface area contributed by atoms with E-state index in [9.17, 15) is 5.11 Å². The Hall–Kier alpha value is -1.85. The summed E-state index contributed by atoms with van der Waals surface area (Å²) in [5, 5.41) is 13.9. The lowest BCUT2D eigenvalue weighted by Gasteiger charge is -1.98. The van der Waals surface area contributed by atoms with Gasteiger partial charge in [0.2, 0.25) is 5.82 Å². The van der Waals surface area contributed by atoms with Gasteiger partial charge in [-0.3, -0.25) is 0 Å². The van der Waals surface area contributed by atoms with Gasteiger partial charge in [-0.25, -0.2) is 0 Å². The first-order valence-electron chi connectivity index (χ1n) is 5.72. The van der Waals surface area contributed by atoms with Gasteiger partial charge in [0, 0.05) is 10.0 Å². The molecule has 0 bridgehead atoms. The molecule has 0 aliphatic rings. The molecule has 100 valence electrons. The molecular weight excluding hydrogens is 344 g/mol. The molecule has 1 aromatic heterocycles. The summed E-state index contributed by atoms with van der Waals surface area (Å²) in [5.41, 5.74) is 1.34. The van der Waals surface area contributed by atoms with Gasteiger partial charge in [-0.05, 0) is 30.3 Å². The Morgan fingerprint density at radius 1 is 1.15 bits per heavy atom. The minimum Gasteiger partial charge on any atom is -0.508 e. The highest BCUT2D eigenvalue weighted by molar-refractivity contribution is 9.10. The van der Waals surface area contributed by atoms with Gasteiger partial charge < -0.3 is 9.63 Å². The van der Waals surface area contributed by atoms with Crippen LogP contribution in [-0.4, -0.2) is 15.2 Å². The number of rotatable bonds is 2. The van der Waals surface area contributed by atoms with Crippen molar-refractivity contribution in [2.45, 2.75) is 0 Å². The molecule has 0 fully saturated rings. The Bertz CT molecular complexity index is 773. The van der Waals surface area contributed by atoms with Gasteiger partial charge in [0.25, 0.3) is 5.89 Å². The predicted octanol–water partition coefficient (Wildman–Crippen LogP) is 4.53. The fraction of sp³-hybridized carbons (Fsp3) is 0. The van der Waals surface area contributed by atoms with Crippen molar-refractivity contribution in [3.63, 3.8) is 0 Å². The Labute approximate surface area is 128 Å². The number of halogens is 2. The molecule has 0 aliphatic heterocycles. The van der Waals surface area contributed by atoms with Gasteiger partial charge in [0.1, 0.15) is 5.75 Å². The van der Waals surface area contributed by atoms with E-state index in [1.807, 2.05) is 6.07 Å². The third kappa shape index (κ3) is 2.55. The summed E-state index contributed by atoms with van der Waals surface area (Å²) < 4.78 is 6.10. The van der Waals surface area contributed by atoms with Crippen LogP contribution in [0.15, 0.2) is 51.5 Å². The monoisotopic (exact) mass is 350 g/mol. The number of hydrogen-bond acceptors (Lipinski definition) is 4. The molecule has 20 heavy (non-hydrogen) atoms. The minimum absolute atomic E-state index is 0.149. The highest BCUT2D eigenvalue weighted by atomic mass is 79.9. The molecule has 6 heteroatoms. The molecule has 0 atom stereocenters. The normalized spacial score (nSPS) is 10.7. The second kappa shape index (κ2) is 5.26. The molecular formula is C14H8BrClN2O2. The average Bonchev–Trinajstić information content (AvgIpc) is 2.88. The van der Waals surface area contributed by atoms with Crippen molar-refractivity contribution in [3.05, 3.63) is 52.0 Å². The molecule has 4 nitrogen and oxygen atoms in total. The smallest absolute Gasteiger partial charge is 0.259 e. The molecule has 3 rings (SSSR count). The average molecular weight is 352 g/mol. The van der Waals surface area contributed by atoms with E-state index in [-0.39, 0.29) is 5.75 Å². The fourth-order valence-corrected chi connectivity index (χ4v) is 2.51. The van der Waals surface area contributed by atoms with Crippen molar-refractivity contribution >= 4 is 27.5 Å². The standard InChI is InChI=1S/C14H8BrClN2O2/c15-9-4-5-11(12(16)7-9)14-17-13(18-20-14)8-2-1-3-10(19)6-8/h1-7,19H. The number of nitrogens with zero attached hydrogens (tertiary/aromatic N) is 2. The maximum absolute atomic E-state index is 9.46. The molecule has 0 spiro atoms. The summed E-state index contributed by atoms with van der Waals surface area (Å²) in [4.78, 5) is 4.29. The molecule has 0 aliphatic carbocycles. The first-order valence-corrected chi connectivity index (χ1v) is 6.89. The number of hydrogen-bond donors (Lipinski definition) is 1. The summed E-state index contributed by atoms with van der Waals surface area (Å²) >= 11 is 9.49. The van der Waals surface area contributed by atoms with Crippen LogP contribution in [0.5, 0.6) is 5.75 Å². The number of phenolic OH excluding ortho intramolecular Hbond substituents is 1. The van der Waals surface area contributed by atoms with Crippen LogP contribution < -0.4 is 0 Å². The van der Waals surface area contributed by atoms with Crippen LogP contribution in [0.25, 0.3) is 22.8 Å². The van der Waals surface area contributed by atoms with Crippen LogP contribution in [0.3, 0.4) is 0 Å². The summed E-state index contributed by atoms with van der Waals surface area (Å²) in [6.45, 7) is 0. The number of benzene rings is 2. The number of phenols is 1. The zero-order valence-electron chi connectivity index (χ0n) is 10.0. The molecule has 1 N–H and O–H groups in total. The van der Waals surface area contributed by atoms with Crippen LogP contribution in [-0.2, 0) is 0 Å². The van der Waals surface area contributed by atoms with Gasteiger partial charge in [-0.1, -0.05) is 44.8 Å². The Kier molecular flexibility index (Phi) is 3.46. The number of aromatic nitrogens is 2. The fourth-order valence-electron chi connectivity index (χ4n) is 1.76. The summed E-state index contributed by atoms with van der Waals surface area (Å²) in [7, 11) is 0. The molecule has 2 aromatic carbocycles. The van der Waals surface area contributed by atoms with Crippen molar-refractivity contribution in [1.82, 2.24) is 10.1 Å².